The molecule has 0 radical (unpaired) electrons. The van der Waals surface area contributed by atoms with Gasteiger partial charge in [0.15, 0.2) is 0 Å². The van der Waals surface area contributed by atoms with E-state index >= 15 is 0 Å². The van der Waals surface area contributed by atoms with E-state index < -0.39 is 0 Å². The summed E-state index contributed by atoms with van der Waals surface area (Å²) in [5.74, 6) is 2.24. The van der Waals surface area contributed by atoms with Gasteiger partial charge in [0.25, 0.3) is 0 Å². The van der Waals surface area contributed by atoms with Gasteiger partial charge < -0.3 is 15.8 Å². The van der Waals surface area contributed by atoms with Crippen molar-refractivity contribution in [2.24, 2.45) is 28.1 Å². The van der Waals surface area contributed by atoms with Crippen LogP contribution in [0.5, 0.6) is 0 Å². The van der Waals surface area contributed by atoms with Crippen molar-refractivity contribution < 1.29 is 5.21 Å². The molecule has 4 heteroatoms. The number of rotatable bonds is 4. The third-order valence-electron chi connectivity index (χ3n) is 4.66. The zero-order chi connectivity index (χ0) is 12.5. The van der Waals surface area contributed by atoms with Gasteiger partial charge in [-0.05, 0) is 37.6 Å². The molecular weight excluding hydrogens is 214 g/mol. The fourth-order valence-corrected chi connectivity index (χ4v) is 3.22. The average Bonchev–Trinajstić information content (AvgIpc) is 2.85. The fraction of sp³-hybridized carbons (Fsp3) is 0.923. The van der Waals surface area contributed by atoms with E-state index in [9.17, 15) is 0 Å². The van der Waals surface area contributed by atoms with E-state index in [1.165, 1.54) is 32.4 Å². The molecule has 2 rings (SSSR count). The standard InChI is InChI=1S/C13H25N3O/c1-13(2,12(14)15-17)6-7-16-8-10-4-3-5-11(10)9-16/h10-11,17H,3-9H2,1-2H3,(H2,14,15). The first-order valence-corrected chi connectivity index (χ1v) is 6.73. The lowest BCUT2D eigenvalue weighted by Gasteiger charge is -2.26. The van der Waals surface area contributed by atoms with Crippen molar-refractivity contribution in [3.63, 3.8) is 0 Å². The molecule has 2 unspecified atom stereocenters. The van der Waals surface area contributed by atoms with Gasteiger partial charge in [-0.3, -0.25) is 0 Å². The zero-order valence-corrected chi connectivity index (χ0v) is 11.0. The summed E-state index contributed by atoms with van der Waals surface area (Å²) >= 11 is 0. The quantitative estimate of drug-likeness (QED) is 0.341. The first-order chi connectivity index (χ1) is 8.03. The van der Waals surface area contributed by atoms with E-state index in [1.54, 1.807) is 0 Å². The third kappa shape index (κ3) is 2.73. The number of nitrogens with zero attached hydrogens (tertiary/aromatic N) is 2. The molecule has 1 aliphatic heterocycles. The predicted octanol–water partition coefficient (Wildman–Crippen LogP) is 1.88. The minimum Gasteiger partial charge on any atom is -0.409 e. The van der Waals surface area contributed by atoms with Gasteiger partial charge in [0.2, 0.25) is 0 Å². The molecule has 3 N–H and O–H groups in total. The molecule has 2 fully saturated rings. The highest BCUT2D eigenvalue weighted by atomic mass is 16.4. The molecular formula is C13H25N3O. The summed E-state index contributed by atoms with van der Waals surface area (Å²) < 4.78 is 0. The lowest BCUT2D eigenvalue weighted by molar-refractivity contribution is 0.265. The second-order valence-corrected chi connectivity index (χ2v) is 6.33. The van der Waals surface area contributed by atoms with Crippen molar-refractivity contribution in [2.75, 3.05) is 19.6 Å². The molecule has 1 saturated carbocycles. The summed E-state index contributed by atoms with van der Waals surface area (Å²) in [6.45, 7) is 7.67. The Morgan fingerprint density at radius 2 is 1.94 bits per heavy atom. The van der Waals surface area contributed by atoms with Gasteiger partial charge in [0.05, 0.1) is 0 Å². The second kappa shape index (κ2) is 4.84. The normalized spacial score (nSPS) is 30.8. The maximum absolute atomic E-state index is 8.74. The Morgan fingerprint density at radius 3 is 2.47 bits per heavy atom. The number of oxime groups is 1. The van der Waals surface area contributed by atoms with Gasteiger partial charge in [-0.15, -0.1) is 0 Å². The van der Waals surface area contributed by atoms with Crippen LogP contribution in [0.1, 0.15) is 39.5 Å². The number of hydrogen-bond donors (Lipinski definition) is 2. The summed E-state index contributed by atoms with van der Waals surface area (Å²) in [6, 6.07) is 0. The Morgan fingerprint density at radius 1 is 1.35 bits per heavy atom. The summed E-state index contributed by atoms with van der Waals surface area (Å²) in [6.07, 6.45) is 5.23. The maximum atomic E-state index is 8.74. The van der Waals surface area contributed by atoms with Crippen LogP contribution in [0.2, 0.25) is 0 Å². The Labute approximate surface area is 104 Å². The summed E-state index contributed by atoms with van der Waals surface area (Å²) in [5.41, 5.74) is 5.51. The average molecular weight is 239 g/mol. The molecule has 0 amide bonds. The molecule has 0 bridgehead atoms. The summed E-state index contributed by atoms with van der Waals surface area (Å²) in [5, 5.41) is 11.9. The van der Waals surface area contributed by atoms with Crippen molar-refractivity contribution in [1.82, 2.24) is 4.90 Å². The molecule has 1 aliphatic carbocycles. The Kier molecular flexibility index (Phi) is 3.61. The molecule has 2 atom stereocenters. The van der Waals surface area contributed by atoms with Crippen LogP contribution in [0.4, 0.5) is 0 Å². The monoisotopic (exact) mass is 239 g/mol. The number of hydrogen-bond acceptors (Lipinski definition) is 3. The molecule has 98 valence electrons. The third-order valence-corrected chi connectivity index (χ3v) is 4.66. The second-order valence-electron chi connectivity index (χ2n) is 6.33. The molecule has 2 aliphatic rings. The van der Waals surface area contributed by atoms with Crippen LogP contribution >= 0.6 is 0 Å². The van der Waals surface area contributed by atoms with Crippen molar-refractivity contribution in [3.8, 4) is 0 Å². The molecule has 4 nitrogen and oxygen atoms in total. The van der Waals surface area contributed by atoms with Crippen LogP contribution in [-0.2, 0) is 0 Å². The van der Waals surface area contributed by atoms with Gasteiger partial charge in [-0.2, -0.15) is 0 Å². The van der Waals surface area contributed by atoms with Crippen LogP contribution < -0.4 is 5.73 Å². The summed E-state index contributed by atoms with van der Waals surface area (Å²) in [7, 11) is 0. The van der Waals surface area contributed by atoms with Crippen molar-refractivity contribution in [1.29, 1.82) is 0 Å². The molecule has 1 heterocycles. The van der Waals surface area contributed by atoms with Gasteiger partial charge >= 0.3 is 0 Å². The van der Waals surface area contributed by atoms with Crippen molar-refractivity contribution in [3.05, 3.63) is 0 Å². The van der Waals surface area contributed by atoms with Crippen LogP contribution in [0, 0.1) is 17.3 Å². The first-order valence-electron chi connectivity index (χ1n) is 6.73. The number of fused-ring (bicyclic) bond motifs is 1. The number of amidine groups is 1. The largest absolute Gasteiger partial charge is 0.409 e. The molecule has 1 saturated heterocycles. The van der Waals surface area contributed by atoms with Gasteiger partial charge in [-0.25, -0.2) is 0 Å². The van der Waals surface area contributed by atoms with Crippen LogP contribution in [0.15, 0.2) is 5.16 Å². The van der Waals surface area contributed by atoms with Crippen molar-refractivity contribution in [2.45, 2.75) is 39.5 Å². The Balaban J connectivity index is 1.80. The van der Waals surface area contributed by atoms with Crippen LogP contribution in [-0.4, -0.2) is 35.6 Å². The molecule has 17 heavy (non-hydrogen) atoms. The molecule has 0 aromatic rings. The van der Waals surface area contributed by atoms with Crippen LogP contribution in [0.3, 0.4) is 0 Å². The Hall–Kier alpha value is -0.770. The Bertz CT molecular complexity index is 289. The minimum atomic E-state index is -0.202. The number of nitrogens with two attached hydrogens (primary N) is 1. The first kappa shape index (κ1) is 12.7. The lowest BCUT2D eigenvalue weighted by atomic mass is 9.88. The van der Waals surface area contributed by atoms with E-state index in [0.717, 1.165) is 24.8 Å². The topological polar surface area (TPSA) is 61.8 Å². The van der Waals surface area contributed by atoms with Gasteiger partial charge in [0, 0.05) is 18.5 Å². The summed E-state index contributed by atoms with van der Waals surface area (Å²) in [4.78, 5) is 2.56. The van der Waals surface area contributed by atoms with E-state index in [1.807, 2.05) is 13.8 Å². The molecule has 0 aromatic heterocycles. The zero-order valence-electron chi connectivity index (χ0n) is 11.0. The lowest BCUT2D eigenvalue weighted by Crippen LogP contribution is -2.36. The highest BCUT2D eigenvalue weighted by Gasteiger charge is 2.36. The number of likely N-dealkylation sites (tertiary alicyclic amines) is 1. The minimum absolute atomic E-state index is 0.202. The predicted molar refractivity (Wildman–Crippen MR) is 69.1 cm³/mol. The maximum Gasteiger partial charge on any atom is 0.144 e. The fourth-order valence-electron chi connectivity index (χ4n) is 3.22. The highest BCUT2D eigenvalue weighted by molar-refractivity contribution is 5.85. The van der Waals surface area contributed by atoms with E-state index in [4.69, 9.17) is 10.9 Å². The molecule has 0 aromatic carbocycles. The van der Waals surface area contributed by atoms with Crippen LogP contribution in [0.25, 0.3) is 0 Å². The van der Waals surface area contributed by atoms with Gasteiger partial charge in [-0.1, -0.05) is 25.4 Å². The molecule has 0 spiro atoms. The smallest absolute Gasteiger partial charge is 0.144 e. The SMILES string of the molecule is CC(C)(CCN1CC2CCCC2C1)C(N)=NO. The van der Waals surface area contributed by atoms with E-state index in [-0.39, 0.29) is 5.41 Å². The van der Waals surface area contributed by atoms with Crippen molar-refractivity contribution >= 4 is 5.84 Å². The van der Waals surface area contributed by atoms with E-state index in [2.05, 4.69) is 10.1 Å². The highest BCUT2D eigenvalue weighted by Crippen LogP contribution is 2.38. The van der Waals surface area contributed by atoms with E-state index in [0.29, 0.717) is 5.84 Å². The van der Waals surface area contributed by atoms with Gasteiger partial charge in [0.1, 0.15) is 5.84 Å².